The topological polar surface area (TPSA) is 166 Å². The maximum absolute atomic E-state index is 13.1. The zero-order valence-electron chi connectivity index (χ0n) is 19.5. The van der Waals surface area contributed by atoms with Crippen molar-refractivity contribution < 1.29 is 24.3 Å². The Morgan fingerprint density at radius 3 is 2.26 bits per heavy atom. The number of hydrogen-bond acceptors (Lipinski definition) is 6. The number of para-hydroxylation sites is 1. The van der Waals surface area contributed by atoms with Gasteiger partial charge < -0.3 is 31.8 Å². The van der Waals surface area contributed by atoms with E-state index in [1.165, 1.54) is 6.92 Å². The first-order valence-electron chi connectivity index (χ1n) is 11.1. The minimum absolute atomic E-state index is 0.0364. The van der Waals surface area contributed by atoms with Gasteiger partial charge in [0, 0.05) is 29.3 Å². The summed E-state index contributed by atoms with van der Waals surface area (Å²) in [4.78, 5) is 52.7. The molecule has 0 aliphatic rings. The lowest BCUT2D eigenvalue weighted by molar-refractivity contribution is -0.142. The fourth-order valence-electron chi connectivity index (χ4n) is 3.46. The highest BCUT2D eigenvalue weighted by Crippen LogP contribution is 2.19. The van der Waals surface area contributed by atoms with E-state index in [4.69, 9.17) is 5.73 Å². The zero-order chi connectivity index (χ0) is 25.4. The zero-order valence-corrected chi connectivity index (χ0v) is 20.4. The number of H-pyrrole nitrogens is 1. The lowest BCUT2D eigenvalue weighted by atomic mass is 10.0. The van der Waals surface area contributed by atoms with Crippen LogP contribution in [0.4, 0.5) is 0 Å². The summed E-state index contributed by atoms with van der Waals surface area (Å²) in [6, 6.07) is 3.49. The molecule has 7 N–H and O–H groups in total. The van der Waals surface area contributed by atoms with Crippen molar-refractivity contribution in [2.24, 2.45) is 11.7 Å². The number of nitrogens with two attached hydrogens (primary N) is 1. The van der Waals surface area contributed by atoms with Crippen LogP contribution in [0, 0.1) is 5.92 Å². The van der Waals surface area contributed by atoms with E-state index >= 15 is 0 Å². The SMILES string of the molecule is CC(C)CC(NC(=O)C(Cc1c[nH]c2ccccc12)NC(=O)C(C)NC(=O)C(N)CS)C(=O)O. The number of fused-ring (bicyclic) bond motifs is 1. The van der Waals surface area contributed by atoms with Crippen LogP contribution in [0.2, 0.25) is 0 Å². The molecule has 2 aromatic rings. The Bertz CT molecular complexity index is 1020. The summed E-state index contributed by atoms with van der Waals surface area (Å²) in [6.45, 7) is 5.18. The van der Waals surface area contributed by atoms with Gasteiger partial charge in [-0.15, -0.1) is 0 Å². The van der Waals surface area contributed by atoms with Crippen molar-refractivity contribution in [2.45, 2.75) is 57.8 Å². The number of carbonyl (C=O) groups is 4. The van der Waals surface area contributed by atoms with Crippen LogP contribution in [0.25, 0.3) is 10.9 Å². The van der Waals surface area contributed by atoms with Crippen LogP contribution in [0.5, 0.6) is 0 Å². The predicted octanol–water partition coefficient (Wildman–Crippen LogP) is 0.573. The Morgan fingerprint density at radius 2 is 1.65 bits per heavy atom. The van der Waals surface area contributed by atoms with Crippen LogP contribution >= 0.6 is 12.6 Å². The molecule has 0 saturated heterocycles. The van der Waals surface area contributed by atoms with Crippen molar-refractivity contribution in [3.05, 3.63) is 36.0 Å². The normalized spacial score (nSPS) is 14.8. The Hall–Kier alpha value is -3.05. The van der Waals surface area contributed by atoms with Crippen molar-refractivity contribution in [1.29, 1.82) is 0 Å². The first-order chi connectivity index (χ1) is 16.0. The maximum Gasteiger partial charge on any atom is 0.326 e. The number of aliphatic carboxylic acids is 1. The quantitative estimate of drug-likeness (QED) is 0.214. The van der Waals surface area contributed by atoms with Crippen LogP contribution < -0.4 is 21.7 Å². The molecule has 0 aliphatic carbocycles. The minimum Gasteiger partial charge on any atom is -0.480 e. The van der Waals surface area contributed by atoms with Gasteiger partial charge in [-0.25, -0.2) is 4.79 Å². The maximum atomic E-state index is 13.1. The second kappa shape index (κ2) is 12.4. The van der Waals surface area contributed by atoms with Crippen molar-refractivity contribution in [3.8, 4) is 0 Å². The second-order valence-corrected chi connectivity index (χ2v) is 9.04. The Kier molecular flexibility index (Phi) is 9.94. The molecule has 3 amide bonds. The van der Waals surface area contributed by atoms with Crippen LogP contribution in [-0.4, -0.2) is 63.7 Å². The fourth-order valence-corrected chi connectivity index (χ4v) is 3.63. The Balaban J connectivity index is 2.23. The highest BCUT2D eigenvalue weighted by Gasteiger charge is 2.29. The van der Waals surface area contributed by atoms with Gasteiger partial charge in [-0.3, -0.25) is 14.4 Å². The highest BCUT2D eigenvalue weighted by atomic mass is 32.1. The van der Waals surface area contributed by atoms with Gasteiger partial charge in [-0.05, 0) is 30.9 Å². The number of rotatable bonds is 12. The number of aromatic nitrogens is 1. The molecule has 4 atom stereocenters. The van der Waals surface area contributed by atoms with Crippen LogP contribution in [0.15, 0.2) is 30.5 Å². The molecule has 34 heavy (non-hydrogen) atoms. The third-order valence-electron chi connectivity index (χ3n) is 5.34. The predicted molar refractivity (Wildman–Crippen MR) is 132 cm³/mol. The van der Waals surface area contributed by atoms with Crippen molar-refractivity contribution in [1.82, 2.24) is 20.9 Å². The molecule has 0 saturated carbocycles. The van der Waals surface area contributed by atoms with Gasteiger partial charge in [0.25, 0.3) is 0 Å². The summed E-state index contributed by atoms with van der Waals surface area (Å²) in [5, 5.41) is 18.1. The monoisotopic (exact) mass is 491 g/mol. The minimum atomic E-state index is -1.15. The standard InChI is InChI=1S/C23H33N5O5S/c1-12(2)8-19(23(32)33)28-22(31)18(9-14-10-25-17-7-5-4-6-15(14)17)27-20(29)13(3)26-21(30)16(24)11-34/h4-7,10,12-13,16,18-19,25,34H,8-9,11,24H2,1-3H3,(H,26,30)(H,27,29)(H,28,31)(H,32,33). The molecular formula is C23H33N5O5S. The number of carboxylic acids is 1. The first kappa shape index (κ1) is 27.2. The third kappa shape index (κ3) is 7.49. The molecule has 0 bridgehead atoms. The molecule has 1 heterocycles. The van der Waals surface area contributed by atoms with E-state index in [-0.39, 0.29) is 24.5 Å². The molecule has 1 aromatic heterocycles. The van der Waals surface area contributed by atoms with Gasteiger partial charge in [0.15, 0.2) is 0 Å². The summed E-state index contributed by atoms with van der Waals surface area (Å²) >= 11 is 3.97. The summed E-state index contributed by atoms with van der Waals surface area (Å²) in [7, 11) is 0. The molecule has 4 unspecified atom stereocenters. The average Bonchev–Trinajstić information content (AvgIpc) is 3.19. The van der Waals surface area contributed by atoms with E-state index < -0.39 is 47.9 Å². The number of thiol groups is 1. The number of carbonyl (C=O) groups excluding carboxylic acids is 3. The molecule has 186 valence electrons. The van der Waals surface area contributed by atoms with E-state index in [1.54, 1.807) is 6.20 Å². The van der Waals surface area contributed by atoms with E-state index in [1.807, 2.05) is 38.1 Å². The van der Waals surface area contributed by atoms with Gasteiger partial charge in [-0.1, -0.05) is 32.0 Å². The summed E-state index contributed by atoms with van der Waals surface area (Å²) < 4.78 is 0. The number of hydrogen-bond donors (Lipinski definition) is 7. The average molecular weight is 492 g/mol. The first-order valence-corrected chi connectivity index (χ1v) is 11.7. The number of amides is 3. The lowest BCUT2D eigenvalue weighted by Crippen LogP contribution is -2.57. The Morgan fingerprint density at radius 1 is 1.00 bits per heavy atom. The summed E-state index contributed by atoms with van der Waals surface area (Å²) in [5.41, 5.74) is 7.28. The van der Waals surface area contributed by atoms with Crippen LogP contribution in [-0.2, 0) is 25.6 Å². The Labute approximate surface area is 203 Å². The molecule has 1 aromatic carbocycles. The number of carboxylic acid groups (broad SMARTS) is 1. The van der Waals surface area contributed by atoms with Crippen LogP contribution in [0.1, 0.15) is 32.8 Å². The molecular weight excluding hydrogens is 458 g/mol. The summed E-state index contributed by atoms with van der Waals surface area (Å²) in [5.74, 6) is -2.78. The molecule has 0 spiro atoms. The number of benzene rings is 1. The van der Waals surface area contributed by atoms with Crippen LogP contribution in [0.3, 0.4) is 0 Å². The van der Waals surface area contributed by atoms with Crippen molar-refractivity contribution in [2.75, 3.05) is 5.75 Å². The van der Waals surface area contributed by atoms with E-state index in [0.29, 0.717) is 0 Å². The van der Waals surface area contributed by atoms with E-state index in [9.17, 15) is 24.3 Å². The van der Waals surface area contributed by atoms with Gasteiger partial charge in [0.1, 0.15) is 18.1 Å². The molecule has 2 rings (SSSR count). The fraction of sp³-hybridized carbons (Fsp3) is 0.478. The third-order valence-corrected chi connectivity index (χ3v) is 5.73. The van der Waals surface area contributed by atoms with Gasteiger partial charge >= 0.3 is 5.97 Å². The van der Waals surface area contributed by atoms with Gasteiger partial charge in [0.2, 0.25) is 17.7 Å². The van der Waals surface area contributed by atoms with Crippen molar-refractivity contribution in [3.63, 3.8) is 0 Å². The van der Waals surface area contributed by atoms with Crippen molar-refractivity contribution >= 4 is 47.2 Å². The molecule has 0 fully saturated rings. The smallest absolute Gasteiger partial charge is 0.326 e. The largest absolute Gasteiger partial charge is 0.480 e. The lowest BCUT2D eigenvalue weighted by Gasteiger charge is -2.24. The summed E-state index contributed by atoms with van der Waals surface area (Å²) in [6.07, 6.45) is 2.10. The molecule has 10 nitrogen and oxygen atoms in total. The number of nitrogens with one attached hydrogen (secondary N) is 4. The van der Waals surface area contributed by atoms with Gasteiger partial charge in [-0.2, -0.15) is 12.6 Å². The molecule has 0 radical (unpaired) electrons. The van der Waals surface area contributed by atoms with E-state index in [2.05, 4.69) is 33.6 Å². The number of aromatic amines is 1. The second-order valence-electron chi connectivity index (χ2n) is 8.67. The van der Waals surface area contributed by atoms with E-state index in [0.717, 1.165) is 16.5 Å². The molecule has 0 aliphatic heterocycles. The highest BCUT2D eigenvalue weighted by molar-refractivity contribution is 7.80. The van der Waals surface area contributed by atoms with Gasteiger partial charge in [0.05, 0.1) is 6.04 Å². The molecule has 11 heteroatoms.